The molecule has 7 rings (SSSR count). The Kier molecular flexibility index (Phi) is 10.8. The minimum Gasteiger partial charge on any atom is -0.496 e. The second-order valence-electron chi connectivity index (χ2n) is 16.0. The monoisotopic (exact) mass is 696 g/mol. The molecule has 4 fully saturated rings. The molecule has 0 spiro atoms. The minimum atomic E-state index is -0.865. The van der Waals surface area contributed by atoms with Crippen molar-refractivity contribution in [2.75, 3.05) is 39.2 Å². The number of likely N-dealkylation sites (tertiary alicyclic amines) is 1. The SMILES string of the molecule is COc1c(CN2C[C@H](O)[C@@H]([C@H](C)O)C2C(=O)NC2C[C@H]3C[C@@H]([C@@H]2C)C3(C)C)cccc1-c1cc(C(=O)NCCc2ccccc2)cc(N(C)C)c1. The molecule has 1 saturated heterocycles. The number of anilines is 1. The van der Waals surface area contributed by atoms with Crippen LogP contribution in [0.15, 0.2) is 66.7 Å². The molecule has 4 aliphatic rings. The van der Waals surface area contributed by atoms with Crippen molar-refractivity contribution in [1.29, 1.82) is 0 Å². The summed E-state index contributed by atoms with van der Waals surface area (Å²) in [6.07, 6.45) is 1.20. The summed E-state index contributed by atoms with van der Waals surface area (Å²) in [5, 5.41) is 28.5. The number of methoxy groups -OCH3 is 1. The summed E-state index contributed by atoms with van der Waals surface area (Å²) in [4.78, 5) is 31.5. The molecule has 2 bridgehead atoms. The molecule has 3 aromatic rings. The van der Waals surface area contributed by atoms with Gasteiger partial charge in [-0.05, 0) is 78.7 Å². The topological polar surface area (TPSA) is 114 Å². The second kappa shape index (κ2) is 15.0. The zero-order chi connectivity index (χ0) is 36.6. The molecule has 9 heteroatoms. The Morgan fingerprint density at radius 2 is 1.80 bits per heavy atom. The van der Waals surface area contributed by atoms with Crippen LogP contribution >= 0.6 is 0 Å². The Hall–Kier alpha value is -3.92. The van der Waals surface area contributed by atoms with Gasteiger partial charge in [-0.3, -0.25) is 14.5 Å². The third kappa shape index (κ3) is 7.39. The van der Waals surface area contributed by atoms with Gasteiger partial charge in [-0.2, -0.15) is 0 Å². The quantitative estimate of drug-likeness (QED) is 0.208. The average Bonchev–Trinajstić information content (AvgIpc) is 3.44. The molecule has 9 nitrogen and oxygen atoms in total. The maximum atomic E-state index is 14.2. The number of carbonyl (C=O) groups is 2. The number of aliphatic hydroxyl groups excluding tert-OH is 2. The van der Waals surface area contributed by atoms with E-state index in [9.17, 15) is 19.8 Å². The lowest BCUT2D eigenvalue weighted by atomic mass is 9.45. The highest BCUT2D eigenvalue weighted by Crippen LogP contribution is 2.61. The lowest BCUT2D eigenvalue weighted by molar-refractivity contribution is -0.139. The van der Waals surface area contributed by atoms with E-state index in [-0.39, 0.29) is 24.4 Å². The fraction of sp³-hybridized carbons (Fsp3) is 0.524. The number of nitrogens with one attached hydrogen (secondary N) is 2. The maximum Gasteiger partial charge on any atom is 0.251 e. The number of benzene rings is 3. The summed E-state index contributed by atoms with van der Waals surface area (Å²) in [6.45, 7) is 9.72. The Balaban J connectivity index is 1.25. The smallest absolute Gasteiger partial charge is 0.251 e. The Bertz CT molecular complexity index is 1710. The number of amides is 2. The van der Waals surface area contributed by atoms with E-state index in [2.05, 4.69) is 43.5 Å². The molecule has 8 atom stereocenters. The van der Waals surface area contributed by atoms with Crippen LogP contribution in [-0.4, -0.2) is 85.5 Å². The van der Waals surface area contributed by atoms with Crippen LogP contribution in [0.2, 0.25) is 0 Å². The fourth-order valence-corrected chi connectivity index (χ4v) is 9.25. The number of para-hydroxylation sites is 1. The van der Waals surface area contributed by atoms with E-state index in [0.717, 1.165) is 40.8 Å². The molecule has 274 valence electrons. The number of carbonyl (C=O) groups excluding carboxylic acids is 2. The van der Waals surface area contributed by atoms with Crippen LogP contribution in [0.25, 0.3) is 11.1 Å². The number of hydrogen-bond acceptors (Lipinski definition) is 7. The summed E-state index contributed by atoms with van der Waals surface area (Å²) in [7, 11) is 5.53. The maximum absolute atomic E-state index is 14.2. The van der Waals surface area contributed by atoms with Gasteiger partial charge >= 0.3 is 0 Å². The predicted molar refractivity (Wildman–Crippen MR) is 202 cm³/mol. The van der Waals surface area contributed by atoms with Crippen LogP contribution in [0.4, 0.5) is 5.69 Å². The summed E-state index contributed by atoms with van der Waals surface area (Å²) in [5.74, 6) is 1.28. The van der Waals surface area contributed by atoms with E-state index in [1.165, 1.54) is 6.42 Å². The highest BCUT2D eigenvalue weighted by Gasteiger charge is 2.57. The second-order valence-corrected chi connectivity index (χ2v) is 16.0. The number of ether oxygens (including phenoxy) is 1. The van der Waals surface area contributed by atoms with Gasteiger partial charge in [0.2, 0.25) is 5.91 Å². The first-order valence-corrected chi connectivity index (χ1v) is 18.5. The van der Waals surface area contributed by atoms with Gasteiger partial charge in [-0.25, -0.2) is 0 Å². The van der Waals surface area contributed by atoms with Crippen molar-refractivity contribution in [2.45, 2.75) is 77.8 Å². The van der Waals surface area contributed by atoms with E-state index in [0.29, 0.717) is 47.6 Å². The molecule has 4 N–H and O–H groups in total. The lowest BCUT2D eigenvalue weighted by Gasteiger charge is -2.62. The van der Waals surface area contributed by atoms with Gasteiger partial charge in [0.05, 0.1) is 25.4 Å². The molecule has 2 unspecified atom stereocenters. The van der Waals surface area contributed by atoms with Crippen LogP contribution in [-0.2, 0) is 17.8 Å². The van der Waals surface area contributed by atoms with Crippen molar-refractivity contribution in [3.8, 4) is 16.9 Å². The molecule has 0 radical (unpaired) electrons. The molecule has 1 aliphatic heterocycles. The molecule has 3 aromatic carbocycles. The standard InChI is InChI=1S/C42H56N4O5/c1-25-34-21-31(42(34,3)4)22-35(25)44-41(50)38-37(26(2)47)36(48)24-46(38)23-28-14-11-15-33(39(28)51-7)29-18-30(20-32(19-29)45(5)6)40(49)43-17-16-27-12-9-8-10-13-27/h8-15,18-20,25-26,31,34-38,47-48H,16-17,21-24H2,1-7H3,(H,43,49)(H,44,50)/t25-,26-,31+,34-,35?,36-,37+,38?/m0/s1. The van der Waals surface area contributed by atoms with Crippen molar-refractivity contribution in [2.24, 2.45) is 29.1 Å². The fourth-order valence-electron chi connectivity index (χ4n) is 9.25. The van der Waals surface area contributed by atoms with Gasteiger partial charge in [0.1, 0.15) is 5.75 Å². The van der Waals surface area contributed by atoms with Gasteiger partial charge in [0.25, 0.3) is 5.91 Å². The van der Waals surface area contributed by atoms with E-state index in [1.807, 2.05) is 78.5 Å². The zero-order valence-electron chi connectivity index (χ0n) is 31.2. The van der Waals surface area contributed by atoms with Crippen molar-refractivity contribution >= 4 is 17.5 Å². The number of fused-ring (bicyclic) bond motifs is 2. The number of β-amino-alcohol motifs (C(OH)–C–C–N with tert-alkyl or cyclic N) is 1. The highest BCUT2D eigenvalue weighted by molar-refractivity contribution is 5.97. The molecule has 1 heterocycles. The Morgan fingerprint density at radius 1 is 1.06 bits per heavy atom. The molecule has 51 heavy (non-hydrogen) atoms. The van der Waals surface area contributed by atoms with E-state index in [4.69, 9.17) is 4.74 Å². The van der Waals surface area contributed by atoms with Crippen molar-refractivity contribution in [1.82, 2.24) is 15.5 Å². The molecule has 2 amide bonds. The summed E-state index contributed by atoms with van der Waals surface area (Å²) in [6, 6.07) is 21.2. The minimum absolute atomic E-state index is 0.0788. The summed E-state index contributed by atoms with van der Waals surface area (Å²) < 4.78 is 6.07. The van der Waals surface area contributed by atoms with Crippen LogP contribution in [0.3, 0.4) is 0 Å². The third-order valence-electron chi connectivity index (χ3n) is 12.4. The van der Waals surface area contributed by atoms with Crippen LogP contribution in [0.1, 0.15) is 62.0 Å². The zero-order valence-corrected chi connectivity index (χ0v) is 31.2. The van der Waals surface area contributed by atoms with Gasteiger partial charge in [-0.15, -0.1) is 0 Å². The molecule has 0 aromatic heterocycles. The van der Waals surface area contributed by atoms with Crippen molar-refractivity contribution in [3.63, 3.8) is 0 Å². The molecular weight excluding hydrogens is 640 g/mol. The summed E-state index contributed by atoms with van der Waals surface area (Å²) in [5.41, 5.74) is 5.40. The molecule has 3 aliphatic carbocycles. The first-order valence-electron chi connectivity index (χ1n) is 18.5. The highest BCUT2D eigenvalue weighted by atomic mass is 16.5. The van der Waals surface area contributed by atoms with Crippen LogP contribution < -0.4 is 20.3 Å². The van der Waals surface area contributed by atoms with Gasteiger partial charge in [-0.1, -0.05) is 69.3 Å². The lowest BCUT2D eigenvalue weighted by Crippen LogP contribution is -2.62. The predicted octanol–water partition coefficient (Wildman–Crippen LogP) is 5.13. The first kappa shape index (κ1) is 36.9. The van der Waals surface area contributed by atoms with Crippen LogP contribution in [0.5, 0.6) is 5.75 Å². The van der Waals surface area contributed by atoms with Crippen molar-refractivity contribution < 1.29 is 24.5 Å². The number of rotatable bonds is 12. The van der Waals surface area contributed by atoms with Crippen molar-refractivity contribution in [3.05, 3.63) is 83.4 Å². The molecular formula is C42H56N4O5. The average molecular weight is 697 g/mol. The Labute approximate surface area is 303 Å². The third-order valence-corrected chi connectivity index (χ3v) is 12.4. The van der Waals surface area contributed by atoms with Gasteiger partial charge < -0.3 is 30.5 Å². The van der Waals surface area contributed by atoms with E-state index >= 15 is 0 Å². The van der Waals surface area contributed by atoms with E-state index in [1.54, 1.807) is 14.0 Å². The Morgan fingerprint density at radius 3 is 2.45 bits per heavy atom. The van der Waals surface area contributed by atoms with Gasteiger partial charge in [0.15, 0.2) is 0 Å². The number of aliphatic hydroxyl groups is 2. The van der Waals surface area contributed by atoms with E-state index < -0.39 is 24.2 Å². The number of nitrogens with zero attached hydrogens (tertiary/aromatic N) is 2. The summed E-state index contributed by atoms with van der Waals surface area (Å²) >= 11 is 0. The van der Waals surface area contributed by atoms with Crippen LogP contribution in [0, 0.1) is 29.1 Å². The molecule has 3 saturated carbocycles. The normalized spacial score (nSPS) is 27.3. The largest absolute Gasteiger partial charge is 0.496 e. The first-order chi connectivity index (χ1) is 24.3. The van der Waals surface area contributed by atoms with Gasteiger partial charge in [0, 0.05) is 68.1 Å². The number of hydrogen-bond donors (Lipinski definition) is 4.